The smallest absolute Gasteiger partial charge is 0.0542 e. The molecule has 212 valence electrons. The van der Waals surface area contributed by atoms with Crippen LogP contribution in [0.3, 0.4) is 0 Å². The van der Waals surface area contributed by atoms with Crippen molar-refractivity contribution in [2.45, 2.75) is 0 Å². The van der Waals surface area contributed by atoms with Crippen LogP contribution in [0.25, 0.3) is 55.0 Å². The van der Waals surface area contributed by atoms with Gasteiger partial charge in [-0.2, -0.15) is 0 Å². The van der Waals surface area contributed by atoms with Gasteiger partial charge in [-0.15, -0.1) is 0 Å². The second-order valence-electron chi connectivity index (χ2n) is 11.5. The molecule has 9 aromatic rings. The van der Waals surface area contributed by atoms with Gasteiger partial charge in [0.05, 0.1) is 22.1 Å². The van der Waals surface area contributed by atoms with Gasteiger partial charge in [0.1, 0.15) is 0 Å². The molecule has 0 aliphatic heterocycles. The summed E-state index contributed by atoms with van der Waals surface area (Å²) >= 11 is 0. The molecule has 0 aliphatic rings. The lowest BCUT2D eigenvalue weighted by Gasteiger charge is -2.26. The highest BCUT2D eigenvalue weighted by Gasteiger charge is 2.19. The van der Waals surface area contributed by atoms with E-state index in [4.69, 9.17) is 0 Å². The Morgan fingerprint density at radius 3 is 1.13 bits per heavy atom. The maximum atomic E-state index is 2.38. The topological polar surface area (TPSA) is 13.1 Å². The monoisotopic (exact) mass is 575 g/mol. The molecule has 0 saturated carbocycles. The molecule has 2 heterocycles. The van der Waals surface area contributed by atoms with Crippen molar-refractivity contribution in [3.8, 4) is 11.4 Å². The van der Waals surface area contributed by atoms with E-state index in [-0.39, 0.29) is 0 Å². The van der Waals surface area contributed by atoms with Gasteiger partial charge in [-0.1, -0.05) is 91.0 Å². The fourth-order valence-electron chi connectivity index (χ4n) is 6.93. The third-order valence-corrected chi connectivity index (χ3v) is 8.87. The predicted octanol–water partition coefficient (Wildman–Crippen LogP) is 11.4. The van der Waals surface area contributed by atoms with Crippen molar-refractivity contribution in [2.24, 2.45) is 0 Å². The van der Waals surface area contributed by atoms with E-state index in [1.54, 1.807) is 0 Å². The van der Waals surface area contributed by atoms with Crippen molar-refractivity contribution in [2.75, 3.05) is 4.90 Å². The summed E-state index contributed by atoms with van der Waals surface area (Å²) in [6.07, 6.45) is 0. The fraction of sp³-hybridized carbons (Fsp3) is 0. The Morgan fingerprint density at radius 1 is 0.289 bits per heavy atom. The molecular weight excluding hydrogens is 546 g/mol. The molecule has 0 amide bonds. The molecule has 0 radical (unpaired) electrons. The molecule has 0 unspecified atom stereocenters. The van der Waals surface area contributed by atoms with E-state index in [0.29, 0.717) is 0 Å². The maximum absolute atomic E-state index is 2.38. The van der Waals surface area contributed by atoms with Crippen molar-refractivity contribution >= 4 is 60.7 Å². The number of para-hydroxylation sites is 5. The second kappa shape index (κ2) is 10.3. The quantitative estimate of drug-likeness (QED) is 0.199. The molecule has 0 spiro atoms. The second-order valence-corrected chi connectivity index (χ2v) is 11.5. The van der Waals surface area contributed by atoms with Crippen LogP contribution >= 0.6 is 0 Å². The predicted molar refractivity (Wildman–Crippen MR) is 190 cm³/mol. The number of aromatic nitrogens is 2. The van der Waals surface area contributed by atoms with Gasteiger partial charge in [0.15, 0.2) is 0 Å². The number of rotatable bonds is 5. The first-order chi connectivity index (χ1) is 22.3. The molecule has 0 saturated heterocycles. The van der Waals surface area contributed by atoms with Gasteiger partial charge in [-0.05, 0) is 84.9 Å². The lowest BCUT2D eigenvalue weighted by atomic mass is 10.1. The van der Waals surface area contributed by atoms with Crippen LogP contribution in [0.15, 0.2) is 176 Å². The zero-order valence-corrected chi connectivity index (χ0v) is 24.6. The van der Waals surface area contributed by atoms with Crippen LogP contribution in [-0.2, 0) is 0 Å². The van der Waals surface area contributed by atoms with Gasteiger partial charge in [0.2, 0.25) is 0 Å². The minimum absolute atomic E-state index is 1.12. The van der Waals surface area contributed by atoms with Crippen molar-refractivity contribution in [3.05, 3.63) is 176 Å². The summed E-state index contributed by atoms with van der Waals surface area (Å²) < 4.78 is 4.73. The Kier molecular flexibility index (Phi) is 5.82. The molecule has 3 heteroatoms. The maximum Gasteiger partial charge on any atom is 0.0542 e. The average Bonchev–Trinajstić information content (AvgIpc) is 3.62. The first kappa shape index (κ1) is 25.4. The van der Waals surface area contributed by atoms with E-state index in [9.17, 15) is 0 Å². The zero-order chi connectivity index (χ0) is 29.7. The molecule has 9 rings (SSSR count). The third kappa shape index (κ3) is 4.05. The number of fused-ring (bicyclic) bond motifs is 6. The van der Waals surface area contributed by atoms with Gasteiger partial charge in [-0.3, -0.25) is 0 Å². The summed E-state index contributed by atoms with van der Waals surface area (Å²) in [4.78, 5) is 2.38. The Labute approximate surface area is 261 Å². The van der Waals surface area contributed by atoms with E-state index in [0.717, 1.165) is 28.4 Å². The van der Waals surface area contributed by atoms with Crippen LogP contribution in [0.4, 0.5) is 17.1 Å². The first-order valence-corrected chi connectivity index (χ1v) is 15.4. The third-order valence-electron chi connectivity index (χ3n) is 8.87. The molecule has 0 bridgehead atoms. The SMILES string of the molecule is c1ccc(N(c2ccc3c(c2)c2ccccc2n3-c2ccccc2)c2ccc3c(c2)c2ccccc2n3-c2ccccc2)cc1. The van der Waals surface area contributed by atoms with E-state index < -0.39 is 0 Å². The Balaban J connectivity index is 1.28. The highest BCUT2D eigenvalue weighted by molar-refractivity contribution is 6.12. The van der Waals surface area contributed by atoms with Crippen LogP contribution in [0.2, 0.25) is 0 Å². The summed E-state index contributed by atoms with van der Waals surface area (Å²) in [6, 6.07) is 63.1. The van der Waals surface area contributed by atoms with E-state index in [1.165, 1.54) is 43.6 Å². The van der Waals surface area contributed by atoms with Crippen LogP contribution in [0, 0.1) is 0 Å². The summed E-state index contributed by atoms with van der Waals surface area (Å²) in [6.45, 7) is 0. The molecule has 2 aromatic heterocycles. The fourth-order valence-corrected chi connectivity index (χ4v) is 6.93. The molecule has 0 N–H and O–H groups in total. The van der Waals surface area contributed by atoms with Gasteiger partial charge in [0, 0.05) is 50.0 Å². The highest BCUT2D eigenvalue weighted by atomic mass is 15.1. The lowest BCUT2D eigenvalue weighted by Crippen LogP contribution is -2.09. The highest BCUT2D eigenvalue weighted by Crippen LogP contribution is 2.42. The van der Waals surface area contributed by atoms with E-state index in [2.05, 4.69) is 190 Å². The van der Waals surface area contributed by atoms with E-state index in [1.807, 2.05) is 0 Å². The summed E-state index contributed by atoms with van der Waals surface area (Å²) in [5.74, 6) is 0. The van der Waals surface area contributed by atoms with Crippen LogP contribution in [0.5, 0.6) is 0 Å². The minimum atomic E-state index is 1.12. The Bertz CT molecular complexity index is 2310. The van der Waals surface area contributed by atoms with Crippen LogP contribution in [-0.4, -0.2) is 9.13 Å². The average molecular weight is 576 g/mol. The van der Waals surface area contributed by atoms with Gasteiger partial charge in [0.25, 0.3) is 0 Å². The first-order valence-electron chi connectivity index (χ1n) is 15.4. The number of hydrogen-bond acceptors (Lipinski definition) is 1. The lowest BCUT2D eigenvalue weighted by molar-refractivity contribution is 1.18. The van der Waals surface area contributed by atoms with Gasteiger partial charge in [-0.25, -0.2) is 0 Å². The summed E-state index contributed by atoms with van der Waals surface area (Å²) in [5, 5.41) is 4.95. The largest absolute Gasteiger partial charge is 0.310 e. The van der Waals surface area contributed by atoms with Crippen molar-refractivity contribution in [3.63, 3.8) is 0 Å². The number of anilines is 3. The van der Waals surface area contributed by atoms with Gasteiger partial charge < -0.3 is 14.0 Å². The van der Waals surface area contributed by atoms with Crippen molar-refractivity contribution in [1.29, 1.82) is 0 Å². The number of benzene rings is 7. The molecule has 0 aliphatic carbocycles. The molecule has 3 nitrogen and oxygen atoms in total. The Hall–Kier alpha value is -6.06. The summed E-state index contributed by atoms with van der Waals surface area (Å²) in [5.41, 5.74) is 10.5. The molecule has 45 heavy (non-hydrogen) atoms. The van der Waals surface area contributed by atoms with Gasteiger partial charge >= 0.3 is 0 Å². The molecule has 7 aromatic carbocycles. The number of nitrogens with zero attached hydrogens (tertiary/aromatic N) is 3. The van der Waals surface area contributed by atoms with Crippen LogP contribution < -0.4 is 4.90 Å². The molecular formula is C42H29N3. The Morgan fingerprint density at radius 2 is 0.667 bits per heavy atom. The summed E-state index contributed by atoms with van der Waals surface area (Å²) in [7, 11) is 0. The zero-order valence-electron chi connectivity index (χ0n) is 24.6. The van der Waals surface area contributed by atoms with Crippen molar-refractivity contribution in [1.82, 2.24) is 9.13 Å². The number of hydrogen-bond donors (Lipinski definition) is 0. The van der Waals surface area contributed by atoms with E-state index >= 15 is 0 Å². The van der Waals surface area contributed by atoms with Crippen LogP contribution in [0.1, 0.15) is 0 Å². The molecule has 0 fully saturated rings. The normalized spacial score (nSPS) is 11.6. The van der Waals surface area contributed by atoms with Crippen molar-refractivity contribution < 1.29 is 0 Å². The standard InChI is InChI=1S/C42H29N3/c1-4-14-30(15-5-1)43(33-24-26-41-37(28-33)35-20-10-12-22-39(35)44(41)31-16-6-2-7-17-31)34-25-27-42-38(29-34)36-21-11-13-23-40(36)45(42)32-18-8-3-9-19-32/h1-29H. The minimum Gasteiger partial charge on any atom is -0.310 e. The molecule has 0 atom stereocenters.